The zero-order valence-electron chi connectivity index (χ0n) is 10.9. The van der Waals surface area contributed by atoms with Crippen LogP contribution >= 0.6 is 11.3 Å². The van der Waals surface area contributed by atoms with E-state index in [2.05, 4.69) is 10.1 Å². The molecule has 3 heterocycles. The Kier molecular flexibility index (Phi) is 3.63. The van der Waals surface area contributed by atoms with Crippen molar-refractivity contribution in [3.63, 3.8) is 0 Å². The van der Waals surface area contributed by atoms with Gasteiger partial charge in [-0.25, -0.2) is 4.98 Å². The lowest BCUT2D eigenvalue weighted by atomic mass is 10.1. The molecule has 0 spiro atoms. The average Bonchev–Trinajstić information content (AvgIpc) is 3.05. The summed E-state index contributed by atoms with van der Waals surface area (Å²) in [5, 5.41) is 32.8. The Balaban J connectivity index is 2.13. The largest absolute Gasteiger partial charge is 0.490 e. The van der Waals surface area contributed by atoms with Crippen molar-refractivity contribution in [2.45, 2.75) is 24.5 Å². The van der Waals surface area contributed by atoms with Gasteiger partial charge in [0.2, 0.25) is 5.75 Å². The van der Waals surface area contributed by atoms with Gasteiger partial charge < -0.3 is 24.8 Å². The van der Waals surface area contributed by atoms with Gasteiger partial charge in [-0.3, -0.25) is 4.79 Å². The average molecular weight is 315 g/mol. The fourth-order valence-corrected chi connectivity index (χ4v) is 2.98. The minimum atomic E-state index is -1.40. The van der Waals surface area contributed by atoms with E-state index in [0.717, 1.165) is 4.68 Å². The third kappa shape index (κ3) is 2.12. The molecule has 9 nitrogen and oxygen atoms in total. The van der Waals surface area contributed by atoms with E-state index in [1.165, 1.54) is 24.0 Å². The van der Waals surface area contributed by atoms with Crippen molar-refractivity contribution in [3.8, 4) is 5.75 Å². The molecule has 0 saturated carbocycles. The van der Waals surface area contributed by atoms with Crippen LogP contribution in [-0.4, -0.2) is 62.1 Å². The molecule has 0 bridgehead atoms. The van der Waals surface area contributed by atoms with E-state index in [1.54, 1.807) is 0 Å². The van der Waals surface area contributed by atoms with Gasteiger partial charge in [-0.15, -0.1) is 16.4 Å². The van der Waals surface area contributed by atoms with Crippen molar-refractivity contribution in [2.75, 3.05) is 13.7 Å². The van der Waals surface area contributed by atoms with Gasteiger partial charge in [0.1, 0.15) is 23.0 Å². The predicted molar refractivity (Wildman–Crippen MR) is 71.2 cm³/mol. The number of thiazole rings is 1. The van der Waals surface area contributed by atoms with Crippen LogP contribution in [0.5, 0.6) is 5.75 Å². The summed E-state index contributed by atoms with van der Waals surface area (Å²) < 4.78 is 11.7. The van der Waals surface area contributed by atoms with Crippen LogP contribution in [0.15, 0.2) is 10.3 Å². The number of hydrogen-bond donors (Lipinski definition) is 3. The minimum absolute atomic E-state index is 0.0419. The molecule has 21 heavy (non-hydrogen) atoms. The van der Waals surface area contributed by atoms with Gasteiger partial charge >= 0.3 is 5.56 Å². The smallest absolute Gasteiger partial charge is 0.313 e. The Morgan fingerprint density at radius 2 is 2.24 bits per heavy atom. The number of aromatic nitrogens is 3. The van der Waals surface area contributed by atoms with Crippen molar-refractivity contribution in [2.24, 2.45) is 0 Å². The molecule has 3 rings (SSSR count). The van der Waals surface area contributed by atoms with Crippen molar-refractivity contribution < 1.29 is 24.8 Å². The highest BCUT2D eigenvalue weighted by Crippen LogP contribution is 2.30. The van der Waals surface area contributed by atoms with Crippen LogP contribution in [0.4, 0.5) is 0 Å². The van der Waals surface area contributed by atoms with Crippen LogP contribution < -0.4 is 10.3 Å². The standard InChI is InChI=1S/C11H13N3O6S/c1-19-7-8-9(12-3-21-8)13-14(10(7)18)11-6(17)5(16)4(2-15)20-11/h3-6,11,15-17H,2H2,1H3/t4-,5-,6-,11-/m1/s1. The van der Waals surface area contributed by atoms with Gasteiger partial charge in [0.05, 0.1) is 19.2 Å². The Labute approximate surface area is 122 Å². The maximum atomic E-state index is 12.4. The predicted octanol–water partition coefficient (Wildman–Crippen LogP) is -1.53. The molecular formula is C11H13N3O6S. The van der Waals surface area contributed by atoms with Gasteiger partial charge in [-0.05, 0) is 0 Å². The summed E-state index contributed by atoms with van der Waals surface area (Å²) in [7, 11) is 1.34. The molecule has 3 N–H and O–H groups in total. The summed E-state index contributed by atoms with van der Waals surface area (Å²) in [4.78, 5) is 16.4. The number of hydrogen-bond acceptors (Lipinski definition) is 9. The van der Waals surface area contributed by atoms with E-state index < -0.39 is 36.7 Å². The summed E-state index contributed by atoms with van der Waals surface area (Å²) in [6.45, 7) is -0.487. The topological polar surface area (TPSA) is 127 Å². The molecule has 0 unspecified atom stereocenters. The number of nitrogens with zero attached hydrogens (tertiary/aromatic N) is 3. The van der Waals surface area contributed by atoms with E-state index in [9.17, 15) is 15.0 Å². The maximum Gasteiger partial charge on any atom is 0.313 e. The quantitative estimate of drug-likeness (QED) is 0.623. The molecule has 1 fully saturated rings. The molecule has 114 valence electrons. The first-order valence-corrected chi connectivity index (χ1v) is 6.99. The van der Waals surface area contributed by atoms with Crippen molar-refractivity contribution >= 4 is 21.7 Å². The lowest BCUT2D eigenvalue weighted by Gasteiger charge is -2.16. The van der Waals surface area contributed by atoms with Gasteiger partial charge in [-0.2, -0.15) is 4.68 Å². The van der Waals surface area contributed by atoms with Gasteiger partial charge in [-0.1, -0.05) is 0 Å². The highest BCUT2D eigenvalue weighted by molar-refractivity contribution is 7.17. The van der Waals surface area contributed by atoms with Gasteiger partial charge in [0.15, 0.2) is 11.9 Å². The molecule has 0 aliphatic carbocycles. The molecule has 4 atom stereocenters. The minimum Gasteiger partial charge on any atom is -0.490 e. The summed E-state index contributed by atoms with van der Waals surface area (Å²) in [6.07, 6.45) is -4.92. The van der Waals surface area contributed by atoms with Crippen molar-refractivity contribution in [1.29, 1.82) is 0 Å². The molecular weight excluding hydrogens is 302 g/mol. The third-order valence-electron chi connectivity index (χ3n) is 3.32. The zero-order valence-corrected chi connectivity index (χ0v) is 11.7. The molecule has 1 aliphatic heterocycles. The van der Waals surface area contributed by atoms with E-state index in [0.29, 0.717) is 4.70 Å². The van der Waals surface area contributed by atoms with Crippen LogP contribution in [0.1, 0.15) is 6.23 Å². The molecule has 10 heteroatoms. The third-order valence-corrected chi connectivity index (χ3v) is 4.14. The first-order valence-electron chi connectivity index (χ1n) is 6.11. The van der Waals surface area contributed by atoms with Gasteiger partial charge in [0.25, 0.3) is 0 Å². The number of fused-ring (bicyclic) bond motifs is 1. The normalized spacial score (nSPS) is 29.1. The number of methoxy groups -OCH3 is 1. The number of aliphatic hydroxyl groups is 3. The molecule has 0 radical (unpaired) electrons. The van der Waals surface area contributed by atoms with Crippen LogP contribution in [-0.2, 0) is 4.74 Å². The second-order valence-corrected chi connectivity index (χ2v) is 5.37. The Morgan fingerprint density at radius 3 is 2.86 bits per heavy atom. The lowest BCUT2D eigenvalue weighted by Crippen LogP contribution is -2.36. The molecule has 1 aliphatic rings. The number of aliphatic hydroxyl groups excluding tert-OH is 3. The molecule has 2 aromatic rings. The summed E-state index contributed by atoms with van der Waals surface area (Å²) in [6, 6.07) is 0. The lowest BCUT2D eigenvalue weighted by molar-refractivity contribution is -0.0608. The Morgan fingerprint density at radius 1 is 1.48 bits per heavy atom. The maximum absolute atomic E-state index is 12.4. The highest BCUT2D eigenvalue weighted by atomic mass is 32.1. The molecule has 2 aromatic heterocycles. The Hall–Kier alpha value is -1.59. The first-order chi connectivity index (χ1) is 10.1. The van der Waals surface area contributed by atoms with E-state index in [1.807, 2.05) is 0 Å². The van der Waals surface area contributed by atoms with Crippen LogP contribution in [0.3, 0.4) is 0 Å². The fourth-order valence-electron chi connectivity index (χ4n) is 2.25. The zero-order chi connectivity index (χ0) is 15.1. The van der Waals surface area contributed by atoms with Crippen LogP contribution in [0.25, 0.3) is 10.3 Å². The summed E-state index contributed by atoms with van der Waals surface area (Å²) in [5.74, 6) is 0.0419. The van der Waals surface area contributed by atoms with Crippen LogP contribution in [0, 0.1) is 0 Å². The van der Waals surface area contributed by atoms with Crippen molar-refractivity contribution in [3.05, 3.63) is 15.9 Å². The van der Waals surface area contributed by atoms with Gasteiger partial charge in [0, 0.05) is 0 Å². The molecule has 0 aromatic carbocycles. The second kappa shape index (κ2) is 5.31. The SMILES string of the molecule is COc1c(=O)n([C@@H]2O[C@H](CO)[C@@H](O)[C@H]2O)nc2ncsc12. The van der Waals surface area contributed by atoms with E-state index >= 15 is 0 Å². The van der Waals surface area contributed by atoms with Crippen LogP contribution in [0.2, 0.25) is 0 Å². The summed E-state index contributed by atoms with van der Waals surface area (Å²) >= 11 is 1.21. The second-order valence-electron chi connectivity index (χ2n) is 4.52. The summed E-state index contributed by atoms with van der Waals surface area (Å²) in [5.41, 5.74) is 1.18. The monoisotopic (exact) mass is 315 g/mol. The Bertz CT molecular complexity index is 716. The fraction of sp³-hybridized carbons (Fsp3) is 0.545. The highest BCUT2D eigenvalue weighted by Gasteiger charge is 2.44. The van der Waals surface area contributed by atoms with E-state index in [-0.39, 0.29) is 11.4 Å². The number of rotatable bonds is 3. The van der Waals surface area contributed by atoms with E-state index in [4.69, 9.17) is 14.6 Å². The number of ether oxygens (including phenoxy) is 2. The molecule has 0 amide bonds. The van der Waals surface area contributed by atoms with Crippen molar-refractivity contribution in [1.82, 2.24) is 14.8 Å². The first kappa shape index (κ1) is 14.4. The molecule has 1 saturated heterocycles.